The zero-order chi connectivity index (χ0) is 29.5. The van der Waals surface area contributed by atoms with Gasteiger partial charge in [-0.1, -0.05) is 11.6 Å². The number of carbonyl (C=O) groups excluding carboxylic acids is 2. The minimum atomic E-state index is 0.0782. The van der Waals surface area contributed by atoms with E-state index in [1.54, 1.807) is 0 Å². The van der Waals surface area contributed by atoms with Crippen molar-refractivity contribution in [2.75, 3.05) is 31.1 Å². The first-order valence-electron chi connectivity index (χ1n) is 15.0. The van der Waals surface area contributed by atoms with Crippen molar-refractivity contribution in [1.29, 1.82) is 0 Å². The van der Waals surface area contributed by atoms with Gasteiger partial charge in [0.25, 0.3) is 0 Å². The Labute approximate surface area is 244 Å². The molecule has 1 aliphatic heterocycles. The maximum absolute atomic E-state index is 13.8. The summed E-state index contributed by atoms with van der Waals surface area (Å²) in [6, 6.07) is 8.46. The molecule has 0 spiro atoms. The Bertz CT molecular complexity index is 1540. The fourth-order valence-electron chi connectivity index (χ4n) is 6.43. The number of aromatic nitrogens is 2. The summed E-state index contributed by atoms with van der Waals surface area (Å²) in [6.07, 6.45) is 7.40. The summed E-state index contributed by atoms with van der Waals surface area (Å²) in [4.78, 5) is 36.2. The fourth-order valence-corrected chi connectivity index (χ4v) is 6.43. The van der Waals surface area contributed by atoms with Crippen molar-refractivity contribution in [1.82, 2.24) is 14.5 Å². The molecule has 6 nitrogen and oxygen atoms in total. The van der Waals surface area contributed by atoms with Gasteiger partial charge in [-0.2, -0.15) is 0 Å². The molecule has 1 saturated heterocycles. The molecule has 41 heavy (non-hydrogen) atoms. The number of aryl methyl sites for hydroxylation is 2. The van der Waals surface area contributed by atoms with Gasteiger partial charge in [0.2, 0.25) is 0 Å². The maximum atomic E-state index is 13.8. The Kier molecular flexibility index (Phi) is 8.06. The van der Waals surface area contributed by atoms with Crippen LogP contribution >= 0.6 is 0 Å². The van der Waals surface area contributed by atoms with E-state index in [2.05, 4.69) is 79.5 Å². The summed E-state index contributed by atoms with van der Waals surface area (Å²) in [6.45, 7) is 19.8. The van der Waals surface area contributed by atoms with Gasteiger partial charge in [-0.3, -0.25) is 14.5 Å². The number of hydrogen-bond acceptors (Lipinski definition) is 5. The molecular formula is C35H44N4O2. The van der Waals surface area contributed by atoms with Crippen LogP contribution < -0.4 is 4.90 Å². The van der Waals surface area contributed by atoms with E-state index in [0.717, 1.165) is 88.4 Å². The van der Waals surface area contributed by atoms with E-state index in [0.29, 0.717) is 19.3 Å². The van der Waals surface area contributed by atoms with Crippen molar-refractivity contribution in [3.63, 3.8) is 0 Å². The van der Waals surface area contributed by atoms with Gasteiger partial charge in [0, 0.05) is 85.5 Å². The number of piperazine rings is 1. The van der Waals surface area contributed by atoms with Crippen molar-refractivity contribution in [2.45, 2.75) is 79.8 Å². The SMILES string of the molecule is CCn1cc(C)c2c(C(=O)CCC3=C(C)C=C(C)CC3=O)cc(-c3ccc(N4CCN(C(C)(C)C)CC4)nc3)cc21. The highest BCUT2D eigenvalue weighted by molar-refractivity contribution is 6.11. The molecule has 0 bridgehead atoms. The van der Waals surface area contributed by atoms with Gasteiger partial charge in [0.15, 0.2) is 11.6 Å². The molecule has 0 N–H and O–H groups in total. The number of hydrogen-bond donors (Lipinski definition) is 0. The number of carbonyl (C=O) groups is 2. The molecule has 6 heteroatoms. The van der Waals surface area contributed by atoms with Crippen LogP contribution in [0.25, 0.3) is 22.0 Å². The highest BCUT2D eigenvalue weighted by atomic mass is 16.1. The number of anilines is 1. The monoisotopic (exact) mass is 552 g/mol. The van der Waals surface area contributed by atoms with E-state index < -0.39 is 0 Å². The summed E-state index contributed by atoms with van der Waals surface area (Å²) in [5, 5.41) is 1.01. The third-order valence-electron chi connectivity index (χ3n) is 8.76. The molecule has 3 heterocycles. The number of rotatable bonds is 7. The van der Waals surface area contributed by atoms with Crippen molar-refractivity contribution < 1.29 is 9.59 Å². The first-order valence-corrected chi connectivity index (χ1v) is 15.0. The summed E-state index contributed by atoms with van der Waals surface area (Å²) in [7, 11) is 0. The first kappa shape index (κ1) is 29.0. The van der Waals surface area contributed by atoms with Gasteiger partial charge in [-0.15, -0.1) is 0 Å². The largest absolute Gasteiger partial charge is 0.354 e. The predicted molar refractivity (Wildman–Crippen MR) is 169 cm³/mol. The lowest BCUT2D eigenvalue weighted by molar-refractivity contribution is -0.115. The lowest BCUT2D eigenvalue weighted by Crippen LogP contribution is -2.53. The quantitative estimate of drug-likeness (QED) is 0.291. The van der Waals surface area contributed by atoms with E-state index >= 15 is 0 Å². The molecule has 216 valence electrons. The summed E-state index contributed by atoms with van der Waals surface area (Å²) in [5.74, 6) is 1.22. The van der Waals surface area contributed by atoms with E-state index in [9.17, 15) is 9.59 Å². The number of benzene rings is 1. The molecule has 0 unspecified atom stereocenters. The van der Waals surface area contributed by atoms with E-state index in [4.69, 9.17) is 4.98 Å². The minimum Gasteiger partial charge on any atom is -0.354 e. The van der Waals surface area contributed by atoms with Gasteiger partial charge in [0.05, 0.1) is 0 Å². The Morgan fingerprint density at radius 2 is 1.73 bits per heavy atom. The molecule has 0 atom stereocenters. The van der Waals surface area contributed by atoms with Gasteiger partial charge in [0.1, 0.15) is 5.82 Å². The van der Waals surface area contributed by atoms with Crippen LogP contribution in [0.15, 0.2) is 59.5 Å². The normalized spacial score (nSPS) is 17.0. The molecule has 1 aliphatic carbocycles. The van der Waals surface area contributed by atoms with E-state index in [1.165, 1.54) is 0 Å². The number of fused-ring (bicyclic) bond motifs is 1. The van der Waals surface area contributed by atoms with Gasteiger partial charge >= 0.3 is 0 Å². The molecule has 5 rings (SSSR count). The summed E-state index contributed by atoms with van der Waals surface area (Å²) in [5.41, 5.74) is 7.95. The third kappa shape index (κ3) is 5.94. The Morgan fingerprint density at radius 1 is 1.00 bits per heavy atom. The molecule has 2 aromatic heterocycles. The van der Waals surface area contributed by atoms with Crippen LogP contribution in [0.5, 0.6) is 0 Å². The standard InChI is InChI=1S/C35H44N4O2/c1-8-37-22-25(4)34-29(31(40)11-10-28-24(3)17-23(2)18-32(28)41)19-27(20-30(34)37)26-9-12-33(36-21-26)38-13-15-39(16-14-38)35(5,6)7/h9,12,17,19-22H,8,10-11,13-16,18H2,1-7H3. The lowest BCUT2D eigenvalue weighted by Gasteiger charge is -2.42. The smallest absolute Gasteiger partial charge is 0.163 e. The average molecular weight is 553 g/mol. The average Bonchev–Trinajstić information content (AvgIpc) is 3.27. The number of allylic oxidation sites excluding steroid dienone is 4. The second-order valence-corrected chi connectivity index (χ2v) is 12.7. The van der Waals surface area contributed by atoms with E-state index in [1.807, 2.05) is 26.1 Å². The van der Waals surface area contributed by atoms with Crippen molar-refractivity contribution in [3.05, 3.63) is 70.6 Å². The van der Waals surface area contributed by atoms with Crippen LogP contribution in [0.2, 0.25) is 0 Å². The Balaban J connectivity index is 1.43. The third-order valence-corrected chi connectivity index (χ3v) is 8.76. The minimum absolute atomic E-state index is 0.0782. The van der Waals surface area contributed by atoms with Crippen LogP contribution in [-0.2, 0) is 11.3 Å². The summed E-state index contributed by atoms with van der Waals surface area (Å²) < 4.78 is 2.21. The molecule has 0 amide bonds. The second-order valence-electron chi connectivity index (χ2n) is 12.7. The van der Waals surface area contributed by atoms with Crippen molar-refractivity contribution in [2.24, 2.45) is 0 Å². The molecule has 3 aromatic rings. The molecule has 0 radical (unpaired) electrons. The zero-order valence-corrected chi connectivity index (χ0v) is 25.8. The van der Waals surface area contributed by atoms with Crippen LogP contribution in [-0.4, -0.2) is 57.7 Å². The highest BCUT2D eigenvalue weighted by Crippen LogP contribution is 2.33. The lowest BCUT2D eigenvalue weighted by atomic mass is 9.88. The topological polar surface area (TPSA) is 58.4 Å². The first-order chi connectivity index (χ1) is 19.5. The van der Waals surface area contributed by atoms with E-state index in [-0.39, 0.29) is 17.1 Å². The molecule has 1 fully saturated rings. The van der Waals surface area contributed by atoms with Crippen molar-refractivity contribution in [3.8, 4) is 11.1 Å². The van der Waals surface area contributed by atoms with Gasteiger partial charge in [-0.25, -0.2) is 4.98 Å². The number of Topliss-reactive ketones (excluding diaryl/α,β-unsaturated/α-hetero) is 2. The fraction of sp³-hybridized carbons (Fsp3) is 0.457. The highest BCUT2D eigenvalue weighted by Gasteiger charge is 2.26. The van der Waals surface area contributed by atoms with Gasteiger partial charge < -0.3 is 9.47 Å². The van der Waals surface area contributed by atoms with Crippen LogP contribution in [0.4, 0.5) is 5.82 Å². The Morgan fingerprint density at radius 3 is 2.34 bits per heavy atom. The van der Waals surface area contributed by atoms with Crippen LogP contribution in [0.1, 0.15) is 76.7 Å². The van der Waals surface area contributed by atoms with Crippen molar-refractivity contribution >= 4 is 28.3 Å². The van der Waals surface area contributed by atoms with Crippen LogP contribution in [0, 0.1) is 6.92 Å². The van der Waals surface area contributed by atoms with Gasteiger partial charge in [-0.05, 0) is 101 Å². The predicted octanol–water partition coefficient (Wildman–Crippen LogP) is 7.15. The number of nitrogens with zero attached hydrogens (tertiary/aromatic N) is 4. The number of pyridine rings is 1. The maximum Gasteiger partial charge on any atom is 0.163 e. The Hall–Kier alpha value is -3.51. The molecule has 0 saturated carbocycles. The second kappa shape index (κ2) is 11.4. The molecule has 1 aromatic carbocycles. The molecular weight excluding hydrogens is 508 g/mol. The van der Waals surface area contributed by atoms with Crippen LogP contribution in [0.3, 0.4) is 0 Å². The zero-order valence-electron chi connectivity index (χ0n) is 25.8. The molecule has 2 aliphatic rings. The number of ketones is 2. The summed E-state index contributed by atoms with van der Waals surface area (Å²) >= 11 is 0.